The number of aliphatic carboxylic acids is 1. The van der Waals surface area contributed by atoms with Crippen LogP contribution in [-0.4, -0.2) is 28.7 Å². The van der Waals surface area contributed by atoms with E-state index in [0.717, 1.165) is 0 Å². The van der Waals surface area contributed by atoms with Gasteiger partial charge in [-0.2, -0.15) is 0 Å². The molecular weight excluding hydrogens is 378 g/mol. The molecule has 9 heteroatoms. The smallest absolute Gasteiger partial charge is 0.270 e. The van der Waals surface area contributed by atoms with Gasteiger partial charge in [0.15, 0.2) is 0 Å². The van der Waals surface area contributed by atoms with Crippen LogP contribution >= 0.6 is 0 Å². The van der Waals surface area contributed by atoms with Crippen LogP contribution in [0.5, 0.6) is 0 Å². The molecule has 0 spiro atoms. The first-order chi connectivity index (χ1) is 13.8. The molecule has 1 atom stereocenters. The number of hydrogen-bond acceptors (Lipinski definition) is 6. The molecule has 29 heavy (non-hydrogen) atoms. The quantitative estimate of drug-likeness (QED) is 0.387. The van der Waals surface area contributed by atoms with E-state index in [2.05, 4.69) is 10.6 Å². The Labute approximate surface area is 166 Å². The van der Waals surface area contributed by atoms with Crippen molar-refractivity contribution >= 4 is 29.5 Å². The van der Waals surface area contributed by atoms with Crippen LogP contribution in [-0.2, 0) is 9.59 Å². The van der Waals surface area contributed by atoms with Crippen molar-refractivity contribution < 1.29 is 24.4 Å². The average Bonchev–Trinajstić information content (AvgIpc) is 2.71. The second-order valence-electron chi connectivity index (χ2n) is 5.98. The third-order valence-corrected chi connectivity index (χ3v) is 3.92. The van der Waals surface area contributed by atoms with Crippen LogP contribution in [0.25, 0.3) is 6.08 Å². The van der Waals surface area contributed by atoms with E-state index in [1.165, 1.54) is 42.5 Å². The minimum Gasteiger partial charge on any atom is -0.548 e. The van der Waals surface area contributed by atoms with Crippen molar-refractivity contribution in [3.05, 3.63) is 81.5 Å². The van der Waals surface area contributed by atoms with E-state index < -0.39 is 28.7 Å². The number of nitrogens with one attached hydrogen (secondary N) is 2. The number of amides is 2. The first kappa shape index (κ1) is 21.3. The van der Waals surface area contributed by atoms with Gasteiger partial charge in [-0.15, -0.1) is 0 Å². The van der Waals surface area contributed by atoms with E-state index >= 15 is 0 Å². The molecule has 2 rings (SSSR count). The Bertz CT molecular complexity index is 956. The fraction of sp³-hybridized carbons (Fsp3) is 0.150. The molecule has 9 nitrogen and oxygen atoms in total. The Hall–Kier alpha value is -4.01. The number of carboxylic acids is 1. The highest BCUT2D eigenvalue weighted by atomic mass is 16.6. The van der Waals surface area contributed by atoms with Gasteiger partial charge in [0.05, 0.1) is 16.9 Å². The summed E-state index contributed by atoms with van der Waals surface area (Å²) in [5.41, 5.74) is 0.0875. The van der Waals surface area contributed by atoms with Crippen molar-refractivity contribution in [2.75, 3.05) is 0 Å². The van der Waals surface area contributed by atoms with Gasteiger partial charge in [0.2, 0.25) is 0 Å². The maximum atomic E-state index is 12.6. The van der Waals surface area contributed by atoms with Crippen molar-refractivity contribution in [2.24, 2.45) is 0 Å². The van der Waals surface area contributed by atoms with Gasteiger partial charge in [0.1, 0.15) is 5.70 Å². The minimum absolute atomic E-state index is 0.0742. The third-order valence-electron chi connectivity index (χ3n) is 3.92. The van der Waals surface area contributed by atoms with E-state index in [1.54, 1.807) is 25.1 Å². The number of carbonyl (C=O) groups is 3. The number of carbonyl (C=O) groups excluding carboxylic acids is 3. The van der Waals surface area contributed by atoms with Crippen LogP contribution in [0, 0.1) is 10.1 Å². The first-order valence-electron chi connectivity index (χ1n) is 8.66. The molecule has 0 aromatic heterocycles. The summed E-state index contributed by atoms with van der Waals surface area (Å²) in [6.07, 6.45) is 1.30. The van der Waals surface area contributed by atoms with Crippen molar-refractivity contribution in [1.29, 1.82) is 0 Å². The molecule has 0 aliphatic heterocycles. The molecule has 0 aliphatic rings. The van der Waals surface area contributed by atoms with Gasteiger partial charge in [-0.25, -0.2) is 0 Å². The number of carboxylic acid groups (broad SMARTS) is 1. The lowest BCUT2D eigenvalue weighted by atomic mass is 10.1. The Morgan fingerprint density at radius 1 is 1.10 bits per heavy atom. The zero-order chi connectivity index (χ0) is 21.4. The van der Waals surface area contributed by atoms with Gasteiger partial charge in [0, 0.05) is 17.7 Å². The van der Waals surface area contributed by atoms with Crippen LogP contribution in [0.2, 0.25) is 0 Å². The number of benzene rings is 2. The van der Waals surface area contributed by atoms with Crippen LogP contribution in [0.4, 0.5) is 5.69 Å². The highest BCUT2D eigenvalue weighted by Gasteiger charge is 2.18. The minimum atomic E-state index is -1.47. The highest BCUT2D eigenvalue weighted by molar-refractivity contribution is 6.06. The summed E-state index contributed by atoms with van der Waals surface area (Å²) in [5, 5.41) is 26.7. The molecule has 150 valence electrons. The van der Waals surface area contributed by atoms with E-state index in [1.807, 2.05) is 0 Å². The van der Waals surface area contributed by atoms with Crippen LogP contribution < -0.4 is 15.7 Å². The number of rotatable bonds is 8. The van der Waals surface area contributed by atoms with Gasteiger partial charge in [-0.1, -0.05) is 37.3 Å². The number of non-ortho nitro benzene ring substituents is 1. The molecule has 2 N–H and O–H groups in total. The van der Waals surface area contributed by atoms with Gasteiger partial charge in [-0.3, -0.25) is 19.7 Å². The lowest BCUT2D eigenvalue weighted by molar-refractivity contribution is -0.384. The van der Waals surface area contributed by atoms with E-state index in [-0.39, 0.29) is 28.9 Å². The summed E-state index contributed by atoms with van der Waals surface area (Å²) < 4.78 is 0. The molecule has 2 aromatic carbocycles. The van der Waals surface area contributed by atoms with Gasteiger partial charge in [0.25, 0.3) is 17.5 Å². The van der Waals surface area contributed by atoms with Gasteiger partial charge in [-0.05, 0) is 30.2 Å². The molecule has 0 unspecified atom stereocenters. The lowest BCUT2D eigenvalue weighted by Gasteiger charge is -2.19. The maximum absolute atomic E-state index is 12.6. The Morgan fingerprint density at radius 3 is 2.38 bits per heavy atom. The topological polar surface area (TPSA) is 141 Å². The predicted octanol–water partition coefficient (Wildman–Crippen LogP) is 1.01. The fourth-order valence-corrected chi connectivity index (χ4v) is 2.40. The molecule has 0 fully saturated rings. The zero-order valence-electron chi connectivity index (χ0n) is 15.5. The summed E-state index contributed by atoms with van der Waals surface area (Å²) in [6.45, 7) is 1.55. The Balaban J connectivity index is 2.37. The summed E-state index contributed by atoms with van der Waals surface area (Å²) >= 11 is 0. The molecule has 0 aliphatic carbocycles. The second-order valence-corrected chi connectivity index (χ2v) is 5.98. The monoisotopic (exact) mass is 396 g/mol. The molecule has 0 bridgehead atoms. The van der Waals surface area contributed by atoms with Crippen molar-refractivity contribution in [2.45, 2.75) is 19.4 Å². The third kappa shape index (κ3) is 5.99. The zero-order valence-corrected chi connectivity index (χ0v) is 15.5. The molecule has 2 aromatic rings. The maximum Gasteiger partial charge on any atom is 0.270 e. The predicted molar refractivity (Wildman–Crippen MR) is 102 cm³/mol. The summed E-state index contributed by atoms with van der Waals surface area (Å²) in [4.78, 5) is 46.5. The molecule has 0 saturated heterocycles. The lowest BCUT2D eigenvalue weighted by Crippen LogP contribution is -2.49. The Morgan fingerprint density at radius 2 is 1.79 bits per heavy atom. The highest BCUT2D eigenvalue weighted by Crippen LogP contribution is 2.15. The van der Waals surface area contributed by atoms with E-state index in [0.29, 0.717) is 0 Å². The van der Waals surface area contributed by atoms with Crippen LogP contribution in [0.15, 0.2) is 60.3 Å². The number of nitrogens with zero attached hydrogens (tertiary/aromatic N) is 1. The van der Waals surface area contributed by atoms with Crippen LogP contribution in [0.3, 0.4) is 0 Å². The standard InChI is InChI=1S/C20H19N3O6/c1-2-16(20(26)27)21-19(25)17(22-18(24)14-8-4-3-5-9-14)12-13-7-6-10-15(11-13)23(28)29/h3-12,16H,2H2,1H3,(H,21,25)(H,22,24)(H,26,27)/p-1/b17-12+/t16-/m0/s1. The van der Waals surface area contributed by atoms with Crippen LogP contribution in [0.1, 0.15) is 29.3 Å². The molecular formula is C20H18N3O6-. The summed E-state index contributed by atoms with van der Waals surface area (Å²) in [5.74, 6) is -2.93. The fourth-order valence-electron chi connectivity index (χ4n) is 2.40. The number of hydrogen-bond donors (Lipinski definition) is 2. The molecule has 0 radical (unpaired) electrons. The average molecular weight is 396 g/mol. The van der Waals surface area contributed by atoms with Gasteiger partial charge >= 0.3 is 0 Å². The largest absolute Gasteiger partial charge is 0.548 e. The van der Waals surface area contributed by atoms with E-state index in [9.17, 15) is 29.6 Å². The second kappa shape index (κ2) is 9.79. The normalized spacial score (nSPS) is 12.0. The molecule has 0 saturated carbocycles. The van der Waals surface area contributed by atoms with E-state index in [4.69, 9.17) is 0 Å². The first-order valence-corrected chi connectivity index (χ1v) is 8.66. The number of nitro groups is 1. The van der Waals surface area contributed by atoms with Crippen molar-refractivity contribution in [3.8, 4) is 0 Å². The summed E-state index contributed by atoms with van der Waals surface area (Å²) in [7, 11) is 0. The SMILES string of the molecule is CC[C@H](NC(=O)/C(=C\c1cccc([N+](=O)[O-])c1)NC(=O)c1ccccc1)C(=O)[O-]. The van der Waals surface area contributed by atoms with Gasteiger partial charge < -0.3 is 20.5 Å². The van der Waals surface area contributed by atoms with Crippen molar-refractivity contribution in [3.63, 3.8) is 0 Å². The van der Waals surface area contributed by atoms with Crippen molar-refractivity contribution in [1.82, 2.24) is 10.6 Å². The molecule has 2 amide bonds. The summed E-state index contributed by atoms with van der Waals surface area (Å²) in [6, 6.07) is 12.2. The molecule has 0 heterocycles. The Kier molecular flexibility index (Phi) is 7.19. The number of nitro benzene ring substituents is 1.